The Morgan fingerprint density at radius 1 is 1.26 bits per heavy atom. The van der Waals surface area contributed by atoms with Crippen LogP contribution in [0.1, 0.15) is 45.9 Å². The van der Waals surface area contributed by atoms with Crippen molar-refractivity contribution in [3.8, 4) is 0 Å². The molecule has 0 atom stereocenters. The highest BCUT2D eigenvalue weighted by Gasteiger charge is 2.23. The first kappa shape index (κ1) is 14.1. The van der Waals surface area contributed by atoms with Crippen LogP contribution < -0.4 is 10.2 Å². The zero-order valence-corrected chi connectivity index (χ0v) is 12.7. The van der Waals surface area contributed by atoms with Gasteiger partial charge in [-0.1, -0.05) is 13.8 Å². The average molecular weight is 262 g/mol. The standard InChI is InChI=1S/C15H26N4/c1-5-16-13-11-14(18-12(2)17-13)19-9-6-7-15(3,4)8-10-19/h11H,5-10H2,1-4H3,(H,16,17,18). The van der Waals surface area contributed by atoms with Crippen LogP contribution in [-0.2, 0) is 0 Å². The van der Waals surface area contributed by atoms with Crippen molar-refractivity contribution in [1.29, 1.82) is 0 Å². The Labute approximate surface area is 116 Å². The fourth-order valence-corrected chi connectivity index (χ4v) is 2.64. The molecular weight excluding hydrogens is 236 g/mol. The maximum Gasteiger partial charge on any atom is 0.134 e. The van der Waals surface area contributed by atoms with Crippen LogP contribution in [0.2, 0.25) is 0 Å². The molecule has 4 heteroatoms. The summed E-state index contributed by atoms with van der Waals surface area (Å²) < 4.78 is 0. The van der Waals surface area contributed by atoms with Crippen LogP contribution in [0.4, 0.5) is 11.6 Å². The number of nitrogens with zero attached hydrogens (tertiary/aromatic N) is 3. The first-order chi connectivity index (χ1) is 9.00. The van der Waals surface area contributed by atoms with Crippen molar-refractivity contribution in [2.24, 2.45) is 5.41 Å². The molecule has 1 N–H and O–H groups in total. The Morgan fingerprint density at radius 2 is 2.05 bits per heavy atom. The van der Waals surface area contributed by atoms with Crippen molar-refractivity contribution in [2.45, 2.75) is 47.0 Å². The van der Waals surface area contributed by atoms with E-state index in [9.17, 15) is 0 Å². The molecule has 106 valence electrons. The monoisotopic (exact) mass is 262 g/mol. The number of hydrogen-bond acceptors (Lipinski definition) is 4. The Balaban J connectivity index is 2.16. The molecule has 1 aromatic heterocycles. The van der Waals surface area contributed by atoms with Gasteiger partial charge in [0.05, 0.1) is 0 Å². The van der Waals surface area contributed by atoms with E-state index in [0.717, 1.165) is 37.1 Å². The van der Waals surface area contributed by atoms with Gasteiger partial charge in [-0.05, 0) is 38.5 Å². The highest BCUT2D eigenvalue weighted by Crippen LogP contribution is 2.31. The SMILES string of the molecule is CCNc1cc(N2CCCC(C)(C)CC2)nc(C)n1. The van der Waals surface area contributed by atoms with Gasteiger partial charge in [-0.3, -0.25) is 0 Å². The third-order valence-electron chi connectivity index (χ3n) is 3.85. The van der Waals surface area contributed by atoms with E-state index < -0.39 is 0 Å². The Kier molecular flexibility index (Phi) is 4.27. The van der Waals surface area contributed by atoms with Crippen LogP contribution in [-0.4, -0.2) is 29.6 Å². The minimum atomic E-state index is 0.460. The fraction of sp³-hybridized carbons (Fsp3) is 0.733. The van der Waals surface area contributed by atoms with Gasteiger partial charge < -0.3 is 10.2 Å². The van der Waals surface area contributed by atoms with E-state index in [0.29, 0.717) is 5.41 Å². The van der Waals surface area contributed by atoms with Crippen molar-refractivity contribution in [3.63, 3.8) is 0 Å². The lowest BCUT2D eigenvalue weighted by atomic mass is 9.85. The maximum absolute atomic E-state index is 4.60. The van der Waals surface area contributed by atoms with Gasteiger partial charge in [0.1, 0.15) is 17.5 Å². The predicted octanol–water partition coefficient (Wildman–Crippen LogP) is 3.23. The van der Waals surface area contributed by atoms with E-state index >= 15 is 0 Å². The van der Waals surface area contributed by atoms with Crippen LogP contribution >= 0.6 is 0 Å². The molecule has 1 saturated heterocycles. The predicted molar refractivity (Wildman–Crippen MR) is 80.8 cm³/mol. The van der Waals surface area contributed by atoms with Crippen LogP contribution in [0.3, 0.4) is 0 Å². The fourth-order valence-electron chi connectivity index (χ4n) is 2.64. The van der Waals surface area contributed by atoms with E-state index in [4.69, 9.17) is 0 Å². The molecule has 1 aliphatic heterocycles. The molecule has 0 radical (unpaired) electrons. The summed E-state index contributed by atoms with van der Waals surface area (Å²) in [5.41, 5.74) is 0.460. The molecule has 1 fully saturated rings. The second-order valence-electron chi connectivity index (χ2n) is 6.19. The van der Waals surface area contributed by atoms with E-state index in [1.807, 2.05) is 6.92 Å². The van der Waals surface area contributed by atoms with Crippen molar-refractivity contribution in [2.75, 3.05) is 29.9 Å². The molecule has 0 aliphatic carbocycles. The van der Waals surface area contributed by atoms with Gasteiger partial charge >= 0.3 is 0 Å². The van der Waals surface area contributed by atoms with Crippen LogP contribution in [0, 0.1) is 12.3 Å². The normalized spacial score (nSPS) is 19.1. The quantitative estimate of drug-likeness (QED) is 0.908. The van der Waals surface area contributed by atoms with Crippen molar-refractivity contribution >= 4 is 11.6 Å². The second-order valence-corrected chi connectivity index (χ2v) is 6.19. The molecule has 1 aromatic rings. The molecule has 0 spiro atoms. The lowest BCUT2D eigenvalue weighted by Crippen LogP contribution is -2.26. The minimum absolute atomic E-state index is 0.460. The summed E-state index contributed by atoms with van der Waals surface area (Å²) in [5.74, 6) is 2.85. The highest BCUT2D eigenvalue weighted by atomic mass is 15.2. The highest BCUT2D eigenvalue weighted by molar-refractivity contribution is 5.49. The summed E-state index contributed by atoms with van der Waals surface area (Å²) in [6.45, 7) is 11.9. The summed E-state index contributed by atoms with van der Waals surface area (Å²) in [5, 5.41) is 3.28. The first-order valence-corrected chi connectivity index (χ1v) is 7.35. The zero-order valence-electron chi connectivity index (χ0n) is 12.7. The molecular formula is C15H26N4. The molecule has 2 heterocycles. The van der Waals surface area contributed by atoms with Crippen LogP contribution in [0.5, 0.6) is 0 Å². The van der Waals surface area contributed by atoms with E-state index in [2.05, 4.69) is 47.0 Å². The molecule has 0 aromatic carbocycles. The van der Waals surface area contributed by atoms with Gasteiger partial charge in [-0.2, -0.15) is 0 Å². The summed E-state index contributed by atoms with van der Waals surface area (Å²) >= 11 is 0. The molecule has 4 nitrogen and oxygen atoms in total. The van der Waals surface area contributed by atoms with Gasteiger partial charge in [-0.15, -0.1) is 0 Å². The number of nitrogens with one attached hydrogen (secondary N) is 1. The van der Waals surface area contributed by atoms with Gasteiger partial charge in [-0.25, -0.2) is 9.97 Å². The Morgan fingerprint density at radius 3 is 2.79 bits per heavy atom. The molecule has 2 rings (SSSR count). The topological polar surface area (TPSA) is 41.0 Å². The summed E-state index contributed by atoms with van der Waals surface area (Å²) in [4.78, 5) is 11.4. The third kappa shape index (κ3) is 3.82. The number of anilines is 2. The van der Waals surface area contributed by atoms with Gasteiger partial charge in [0.25, 0.3) is 0 Å². The minimum Gasteiger partial charge on any atom is -0.370 e. The van der Waals surface area contributed by atoms with Gasteiger partial charge in [0, 0.05) is 25.7 Å². The lowest BCUT2D eigenvalue weighted by Gasteiger charge is -2.24. The maximum atomic E-state index is 4.60. The number of hydrogen-bond donors (Lipinski definition) is 1. The summed E-state index contributed by atoms with van der Waals surface area (Å²) in [7, 11) is 0. The van der Waals surface area contributed by atoms with E-state index in [1.54, 1.807) is 0 Å². The van der Waals surface area contributed by atoms with E-state index in [1.165, 1.54) is 19.3 Å². The molecule has 0 unspecified atom stereocenters. The molecule has 1 aliphatic rings. The van der Waals surface area contributed by atoms with Crippen molar-refractivity contribution in [3.05, 3.63) is 11.9 Å². The third-order valence-corrected chi connectivity index (χ3v) is 3.85. The molecule has 19 heavy (non-hydrogen) atoms. The molecule has 0 saturated carbocycles. The summed E-state index contributed by atoms with van der Waals surface area (Å²) in [6.07, 6.45) is 3.77. The van der Waals surface area contributed by atoms with Crippen molar-refractivity contribution in [1.82, 2.24) is 9.97 Å². The lowest BCUT2D eigenvalue weighted by molar-refractivity contribution is 0.325. The average Bonchev–Trinajstić information content (AvgIpc) is 2.50. The van der Waals surface area contributed by atoms with Crippen LogP contribution in [0.15, 0.2) is 6.07 Å². The van der Waals surface area contributed by atoms with Crippen LogP contribution in [0.25, 0.3) is 0 Å². The second kappa shape index (κ2) is 5.76. The Hall–Kier alpha value is -1.32. The Bertz CT molecular complexity index is 428. The largest absolute Gasteiger partial charge is 0.370 e. The van der Waals surface area contributed by atoms with Gasteiger partial charge in [0.15, 0.2) is 0 Å². The first-order valence-electron chi connectivity index (χ1n) is 7.35. The smallest absolute Gasteiger partial charge is 0.134 e. The zero-order chi connectivity index (χ0) is 13.9. The summed E-state index contributed by atoms with van der Waals surface area (Å²) in [6, 6.07) is 2.08. The number of aryl methyl sites for hydroxylation is 1. The molecule has 0 amide bonds. The molecule has 0 bridgehead atoms. The van der Waals surface area contributed by atoms with Gasteiger partial charge in [0.2, 0.25) is 0 Å². The van der Waals surface area contributed by atoms with Crippen molar-refractivity contribution < 1.29 is 0 Å². The number of aromatic nitrogens is 2. The van der Waals surface area contributed by atoms with E-state index in [-0.39, 0.29) is 0 Å². The number of rotatable bonds is 3.